The summed E-state index contributed by atoms with van der Waals surface area (Å²) < 4.78 is 8.59. The summed E-state index contributed by atoms with van der Waals surface area (Å²) in [7, 11) is 1.73. The van der Waals surface area contributed by atoms with Gasteiger partial charge in [-0.25, -0.2) is 4.98 Å². The molecule has 0 radical (unpaired) electrons. The van der Waals surface area contributed by atoms with Crippen LogP contribution in [0.15, 0.2) is 59.8 Å². The minimum Gasteiger partial charge on any atom is -0.491 e. The van der Waals surface area contributed by atoms with E-state index in [4.69, 9.17) is 4.74 Å². The van der Waals surface area contributed by atoms with E-state index in [9.17, 15) is 9.90 Å². The van der Waals surface area contributed by atoms with Crippen LogP contribution in [0.1, 0.15) is 0 Å². The number of benzene rings is 2. The smallest absolute Gasteiger partial charge is 0.264 e. The highest BCUT2D eigenvalue weighted by molar-refractivity contribution is 5.83. The van der Waals surface area contributed by atoms with Crippen molar-refractivity contribution in [1.29, 1.82) is 0 Å². The van der Waals surface area contributed by atoms with Gasteiger partial charge in [-0.1, -0.05) is 30.3 Å². The van der Waals surface area contributed by atoms with Crippen LogP contribution in [0.2, 0.25) is 0 Å². The Morgan fingerprint density at radius 2 is 2.00 bits per heavy atom. The Balaban J connectivity index is 1.45. The van der Waals surface area contributed by atoms with Gasteiger partial charge in [-0.3, -0.25) is 14.0 Å². The van der Waals surface area contributed by atoms with Gasteiger partial charge in [0.15, 0.2) is 5.65 Å². The Hall–Kier alpha value is -3.19. The highest BCUT2D eigenvalue weighted by atomic mass is 16.5. The number of hydrogen-bond acceptors (Lipinski definition) is 5. The molecular formula is C19H18N4O3. The number of ether oxygens (including phenoxy) is 1. The van der Waals surface area contributed by atoms with Crippen LogP contribution >= 0.6 is 0 Å². The molecule has 4 rings (SSSR count). The zero-order valence-corrected chi connectivity index (χ0v) is 14.2. The molecule has 0 bridgehead atoms. The predicted octanol–water partition coefficient (Wildman–Crippen LogP) is 1.72. The van der Waals surface area contributed by atoms with Gasteiger partial charge in [-0.05, 0) is 22.9 Å². The van der Waals surface area contributed by atoms with Crippen molar-refractivity contribution < 1.29 is 9.84 Å². The van der Waals surface area contributed by atoms with E-state index in [2.05, 4.69) is 10.1 Å². The van der Waals surface area contributed by atoms with Crippen molar-refractivity contribution in [2.75, 3.05) is 6.61 Å². The van der Waals surface area contributed by atoms with Crippen LogP contribution < -0.4 is 10.3 Å². The molecule has 0 saturated heterocycles. The summed E-state index contributed by atoms with van der Waals surface area (Å²) in [5.74, 6) is 0.677. The van der Waals surface area contributed by atoms with Crippen LogP contribution in [0.3, 0.4) is 0 Å². The second-order valence-corrected chi connectivity index (χ2v) is 6.18. The molecule has 1 unspecified atom stereocenters. The Labute approximate surface area is 149 Å². The lowest BCUT2D eigenvalue weighted by Gasteiger charge is -2.14. The number of aliphatic hydroxyl groups excluding tert-OH is 1. The van der Waals surface area contributed by atoms with Crippen LogP contribution in [0.5, 0.6) is 5.75 Å². The minimum atomic E-state index is -0.838. The Bertz CT molecular complexity index is 1130. The zero-order chi connectivity index (χ0) is 18.1. The molecule has 0 aliphatic heterocycles. The van der Waals surface area contributed by atoms with Gasteiger partial charge in [0.1, 0.15) is 30.2 Å². The van der Waals surface area contributed by atoms with Crippen molar-refractivity contribution in [2.45, 2.75) is 12.6 Å². The van der Waals surface area contributed by atoms with Crippen LogP contribution in [0.25, 0.3) is 21.8 Å². The quantitative estimate of drug-likeness (QED) is 0.593. The first-order valence-corrected chi connectivity index (χ1v) is 8.28. The molecule has 26 heavy (non-hydrogen) atoms. The molecule has 1 N–H and O–H groups in total. The van der Waals surface area contributed by atoms with E-state index >= 15 is 0 Å². The van der Waals surface area contributed by atoms with E-state index in [1.165, 1.54) is 17.1 Å². The molecule has 2 aromatic heterocycles. The van der Waals surface area contributed by atoms with Crippen molar-refractivity contribution >= 4 is 21.8 Å². The SMILES string of the molecule is Cn1ncc2c(=O)n(CC(O)COc3ccc4ccccc4c3)cnc21. The molecule has 7 heteroatoms. The average Bonchev–Trinajstić information content (AvgIpc) is 3.04. The third kappa shape index (κ3) is 3.04. The number of rotatable bonds is 5. The number of aromatic nitrogens is 4. The molecule has 7 nitrogen and oxygen atoms in total. The van der Waals surface area contributed by atoms with Gasteiger partial charge in [0, 0.05) is 7.05 Å². The summed E-state index contributed by atoms with van der Waals surface area (Å²) in [6.45, 7) is 0.181. The average molecular weight is 350 g/mol. The number of nitrogens with zero attached hydrogens (tertiary/aromatic N) is 4. The Morgan fingerprint density at radius 1 is 1.19 bits per heavy atom. The highest BCUT2D eigenvalue weighted by Crippen LogP contribution is 2.20. The number of aliphatic hydroxyl groups is 1. The summed E-state index contributed by atoms with van der Waals surface area (Å²) >= 11 is 0. The molecule has 0 aliphatic carbocycles. The van der Waals surface area contributed by atoms with Crippen molar-refractivity contribution in [3.05, 3.63) is 65.3 Å². The molecule has 0 fully saturated rings. The van der Waals surface area contributed by atoms with Crippen LogP contribution in [-0.4, -0.2) is 37.1 Å². The molecular weight excluding hydrogens is 332 g/mol. The summed E-state index contributed by atoms with van der Waals surface area (Å²) in [6.07, 6.45) is 2.07. The van der Waals surface area contributed by atoms with E-state index in [0.717, 1.165) is 10.8 Å². The van der Waals surface area contributed by atoms with Crippen LogP contribution in [0.4, 0.5) is 0 Å². The monoisotopic (exact) mass is 350 g/mol. The highest BCUT2D eigenvalue weighted by Gasteiger charge is 2.12. The fourth-order valence-electron chi connectivity index (χ4n) is 2.93. The molecule has 0 amide bonds. The largest absolute Gasteiger partial charge is 0.491 e. The van der Waals surface area contributed by atoms with E-state index in [1.54, 1.807) is 11.7 Å². The molecule has 132 valence electrons. The van der Waals surface area contributed by atoms with Gasteiger partial charge in [0.2, 0.25) is 0 Å². The fraction of sp³-hybridized carbons (Fsp3) is 0.211. The van der Waals surface area contributed by atoms with Gasteiger partial charge in [0.05, 0.1) is 12.7 Å². The maximum Gasteiger partial charge on any atom is 0.264 e. The second-order valence-electron chi connectivity index (χ2n) is 6.18. The number of fused-ring (bicyclic) bond motifs is 2. The van der Waals surface area contributed by atoms with Crippen molar-refractivity contribution in [3.63, 3.8) is 0 Å². The third-order valence-corrected chi connectivity index (χ3v) is 4.29. The molecule has 0 spiro atoms. The van der Waals surface area contributed by atoms with Crippen LogP contribution in [0, 0.1) is 0 Å². The molecule has 2 aromatic carbocycles. The van der Waals surface area contributed by atoms with E-state index in [-0.39, 0.29) is 18.7 Å². The van der Waals surface area contributed by atoms with Gasteiger partial charge < -0.3 is 9.84 Å². The first kappa shape index (κ1) is 16.3. The van der Waals surface area contributed by atoms with Crippen molar-refractivity contribution in [3.8, 4) is 5.75 Å². The van der Waals surface area contributed by atoms with Crippen molar-refractivity contribution in [1.82, 2.24) is 19.3 Å². The summed E-state index contributed by atoms with van der Waals surface area (Å²) in [4.78, 5) is 16.6. The first-order chi connectivity index (χ1) is 12.6. The normalized spacial score (nSPS) is 12.5. The maximum absolute atomic E-state index is 12.4. The van der Waals surface area contributed by atoms with Crippen molar-refractivity contribution in [2.24, 2.45) is 7.05 Å². The second kappa shape index (κ2) is 6.61. The van der Waals surface area contributed by atoms with E-state index < -0.39 is 6.10 Å². The number of aryl methyl sites for hydroxylation is 1. The lowest BCUT2D eigenvalue weighted by Crippen LogP contribution is -2.30. The number of hydrogen-bond donors (Lipinski definition) is 1. The molecule has 2 heterocycles. The lowest BCUT2D eigenvalue weighted by molar-refractivity contribution is 0.0915. The molecule has 4 aromatic rings. The third-order valence-electron chi connectivity index (χ3n) is 4.29. The van der Waals surface area contributed by atoms with Gasteiger partial charge in [-0.15, -0.1) is 0 Å². The first-order valence-electron chi connectivity index (χ1n) is 8.28. The summed E-state index contributed by atoms with van der Waals surface area (Å²) in [5.41, 5.74) is 0.293. The van der Waals surface area contributed by atoms with E-state index in [0.29, 0.717) is 16.8 Å². The molecule has 1 atom stereocenters. The topological polar surface area (TPSA) is 82.2 Å². The van der Waals surface area contributed by atoms with Gasteiger partial charge >= 0.3 is 0 Å². The Kier molecular flexibility index (Phi) is 4.14. The Morgan fingerprint density at radius 3 is 2.85 bits per heavy atom. The molecule has 0 saturated carbocycles. The standard InChI is InChI=1S/C19H18N4O3/c1-22-18-17(9-21-22)19(25)23(12-20-18)10-15(24)11-26-16-7-6-13-4-2-3-5-14(13)8-16/h2-9,12,15,24H,10-11H2,1H3. The fourth-order valence-corrected chi connectivity index (χ4v) is 2.93. The minimum absolute atomic E-state index is 0.0792. The lowest BCUT2D eigenvalue weighted by atomic mass is 10.1. The molecule has 0 aliphatic rings. The zero-order valence-electron chi connectivity index (χ0n) is 14.2. The summed E-state index contributed by atoms with van der Waals surface area (Å²) in [6, 6.07) is 13.8. The van der Waals surface area contributed by atoms with Gasteiger partial charge in [-0.2, -0.15) is 5.10 Å². The maximum atomic E-state index is 12.4. The van der Waals surface area contributed by atoms with Gasteiger partial charge in [0.25, 0.3) is 5.56 Å². The van der Waals surface area contributed by atoms with E-state index in [1.807, 2.05) is 42.5 Å². The predicted molar refractivity (Wildman–Crippen MR) is 98.2 cm³/mol. The van der Waals surface area contributed by atoms with Crippen LogP contribution in [-0.2, 0) is 13.6 Å². The summed E-state index contributed by atoms with van der Waals surface area (Å²) in [5, 5.41) is 16.9.